The SMILES string of the molecule is CCC1CN(C)CCCN1S(=O)(=O)c1ccccc1C(=O)N1CCOCC1. The van der Waals surface area contributed by atoms with Gasteiger partial charge in [0.2, 0.25) is 10.0 Å². The highest BCUT2D eigenvalue weighted by Gasteiger charge is 2.35. The van der Waals surface area contributed by atoms with E-state index >= 15 is 0 Å². The molecule has 0 radical (unpaired) electrons. The second-order valence-electron chi connectivity index (χ2n) is 7.19. The highest BCUT2D eigenvalue weighted by molar-refractivity contribution is 7.89. The fourth-order valence-electron chi connectivity index (χ4n) is 3.80. The van der Waals surface area contributed by atoms with Crippen molar-refractivity contribution in [3.63, 3.8) is 0 Å². The fourth-order valence-corrected chi connectivity index (χ4v) is 5.72. The molecule has 0 saturated carbocycles. The van der Waals surface area contributed by atoms with Gasteiger partial charge in [0.25, 0.3) is 5.91 Å². The zero-order valence-corrected chi connectivity index (χ0v) is 17.0. The van der Waals surface area contributed by atoms with Crippen LogP contribution in [0.3, 0.4) is 0 Å². The molecule has 7 nitrogen and oxygen atoms in total. The molecule has 0 aromatic heterocycles. The van der Waals surface area contributed by atoms with Crippen molar-refractivity contribution in [3.8, 4) is 0 Å². The Labute approximate surface area is 161 Å². The third-order valence-corrected chi connectivity index (χ3v) is 7.33. The van der Waals surface area contributed by atoms with E-state index in [1.165, 1.54) is 0 Å². The molecule has 0 spiro atoms. The number of nitrogens with zero attached hydrogens (tertiary/aromatic N) is 3. The number of amides is 1. The van der Waals surface area contributed by atoms with Gasteiger partial charge in [0, 0.05) is 32.2 Å². The van der Waals surface area contributed by atoms with Crippen molar-refractivity contribution in [3.05, 3.63) is 29.8 Å². The molecule has 1 aromatic carbocycles. The highest BCUT2D eigenvalue weighted by atomic mass is 32.2. The molecule has 150 valence electrons. The first-order chi connectivity index (χ1) is 12.9. The average Bonchev–Trinajstić information content (AvgIpc) is 2.89. The molecule has 2 aliphatic heterocycles. The van der Waals surface area contributed by atoms with Crippen LogP contribution >= 0.6 is 0 Å². The van der Waals surface area contributed by atoms with Gasteiger partial charge in [-0.2, -0.15) is 4.31 Å². The molecule has 27 heavy (non-hydrogen) atoms. The zero-order valence-electron chi connectivity index (χ0n) is 16.1. The Morgan fingerprint density at radius 3 is 2.56 bits per heavy atom. The Bertz CT molecular complexity index is 762. The Morgan fingerprint density at radius 1 is 1.15 bits per heavy atom. The van der Waals surface area contributed by atoms with Gasteiger partial charge in [0.15, 0.2) is 0 Å². The van der Waals surface area contributed by atoms with Crippen molar-refractivity contribution < 1.29 is 17.9 Å². The second kappa shape index (κ2) is 8.68. The number of rotatable bonds is 4. The van der Waals surface area contributed by atoms with E-state index < -0.39 is 10.0 Å². The lowest BCUT2D eigenvalue weighted by Crippen LogP contribution is -2.45. The summed E-state index contributed by atoms with van der Waals surface area (Å²) < 4.78 is 34.0. The number of hydrogen-bond acceptors (Lipinski definition) is 5. The largest absolute Gasteiger partial charge is 0.378 e. The molecule has 3 rings (SSSR count). The van der Waals surface area contributed by atoms with Crippen molar-refractivity contribution >= 4 is 15.9 Å². The standard InChI is InChI=1S/C19H29N3O4S/c1-3-16-15-20(2)9-6-10-22(16)27(24,25)18-8-5-4-7-17(18)19(23)21-11-13-26-14-12-21/h4-5,7-8,16H,3,6,9-15H2,1-2H3. The van der Waals surface area contributed by atoms with Crippen molar-refractivity contribution in [2.24, 2.45) is 0 Å². The summed E-state index contributed by atoms with van der Waals surface area (Å²) in [6.07, 6.45) is 1.52. The molecule has 2 saturated heterocycles. The summed E-state index contributed by atoms with van der Waals surface area (Å²) in [5, 5.41) is 0. The van der Waals surface area contributed by atoms with E-state index in [-0.39, 0.29) is 22.4 Å². The minimum Gasteiger partial charge on any atom is -0.378 e. The predicted molar refractivity (Wildman–Crippen MR) is 103 cm³/mol. The quantitative estimate of drug-likeness (QED) is 0.768. The van der Waals surface area contributed by atoms with Crippen molar-refractivity contribution in [1.29, 1.82) is 0 Å². The van der Waals surface area contributed by atoms with Crippen LogP contribution in [0.5, 0.6) is 0 Å². The minimum absolute atomic E-state index is 0.0888. The number of benzene rings is 1. The Hall–Kier alpha value is -1.48. The summed E-state index contributed by atoms with van der Waals surface area (Å²) in [6, 6.07) is 6.50. The van der Waals surface area contributed by atoms with E-state index in [2.05, 4.69) is 4.90 Å². The number of morpholine rings is 1. The number of likely N-dealkylation sites (N-methyl/N-ethyl adjacent to an activating group) is 1. The van der Waals surface area contributed by atoms with E-state index in [1.807, 2.05) is 14.0 Å². The number of carbonyl (C=O) groups excluding carboxylic acids is 1. The topological polar surface area (TPSA) is 70.2 Å². The summed E-state index contributed by atoms with van der Waals surface area (Å²) in [7, 11) is -1.73. The first-order valence-corrected chi connectivity index (χ1v) is 11.1. The van der Waals surface area contributed by atoms with Crippen LogP contribution in [0.1, 0.15) is 30.1 Å². The third kappa shape index (κ3) is 4.34. The first-order valence-electron chi connectivity index (χ1n) is 9.61. The smallest absolute Gasteiger partial charge is 0.255 e. The Kier molecular flexibility index (Phi) is 6.52. The molecule has 0 N–H and O–H groups in total. The minimum atomic E-state index is -3.76. The van der Waals surface area contributed by atoms with Gasteiger partial charge in [-0.15, -0.1) is 0 Å². The third-order valence-electron chi connectivity index (χ3n) is 5.32. The molecule has 1 amide bonds. The van der Waals surface area contributed by atoms with E-state index in [4.69, 9.17) is 4.74 Å². The maximum atomic E-state index is 13.5. The van der Waals surface area contributed by atoms with Crippen LogP contribution in [0.2, 0.25) is 0 Å². The Balaban J connectivity index is 1.95. The zero-order chi connectivity index (χ0) is 19.4. The molecular formula is C19H29N3O4S. The molecule has 2 fully saturated rings. The molecule has 2 heterocycles. The number of carbonyl (C=O) groups is 1. The highest BCUT2D eigenvalue weighted by Crippen LogP contribution is 2.26. The Morgan fingerprint density at radius 2 is 1.85 bits per heavy atom. The lowest BCUT2D eigenvalue weighted by atomic mass is 10.2. The van der Waals surface area contributed by atoms with E-state index in [9.17, 15) is 13.2 Å². The van der Waals surface area contributed by atoms with Gasteiger partial charge in [0.05, 0.1) is 23.7 Å². The maximum absolute atomic E-state index is 13.5. The van der Waals surface area contributed by atoms with Crippen LogP contribution in [-0.4, -0.2) is 87.5 Å². The van der Waals surface area contributed by atoms with Gasteiger partial charge in [-0.3, -0.25) is 4.79 Å². The first kappa shape index (κ1) is 20.3. The van der Waals surface area contributed by atoms with Crippen LogP contribution in [0.4, 0.5) is 0 Å². The van der Waals surface area contributed by atoms with Crippen LogP contribution < -0.4 is 0 Å². The summed E-state index contributed by atoms with van der Waals surface area (Å²) in [5.74, 6) is -0.238. The van der Waals surface area contributed by atoms with Gasteiger partial charge in [-0.05, 0) is 38.6 Å². The fraction of sp³-hybridized carbons (Fsp3) is 0.632. The molecule has 0 bridgehead atoms. The van der Waals surface area contributed by atoms with Crippen molar-refractivity contribution in [2.45, 2.75) is 30.7 Å². The van der Waals surface area contributed by atoms with Gasteiger partial charge < -0.3 is 14.5 Å². The average molecular weight is 396 g/mol. The molecule has 1 unspecified atom stereocenters. The molecular weight excluding hydrogens is 366 g/mol. The van der Waals surface area contributed by atoms with E-state index in [1.54, 1.807) is 33.5 Å². The van der Waals surface area contributed by atoms with Crippen molar-refractivity contribution in [1.82, 2.24) is 14.1 Å². The van der Waals surface area contributed by atoms with Crippen LogP contribution in [-0.2, 0) is 14.8 Å². The van der Waals surface area contributed by atoms with Gasteiger partial charge in [0.1, 0.15) is 0 Å². The van der Waals surface area contributed by atoms with Crippen LogP contribution in [0, 0.1) is 0 Å². The summed E-state index contributed by atoms with van der Waals surface area (Å²) in [6.45, 7) is 6.00. The normalized spacial score (nSPS) is 23.2. The van der Waals surface area contributed by atoms with Crippen LogP contribution in [0.15, 0.2) is 29.2 Å². The van der Waals surface area contributed by atoms with E-state index in [0.29, 0.717) is 39.4 Å². The van der Waals surface area contributed by atoms with Gasteiger partial charge in [-0.1, -0.05) is 19.1 Å². The summed E-state index contributed by atoms with van der Waals surface area (Å²) in [4.78, 5) is 17.0. The van der Waals surface area contributed by atoms with E-state index in [0.717, 1.165) is 19.4 Å². The molecule has 1 aromatic rings. The summed E-state index contributed by atoms with van der Waals surface area (Å²) >= 11 is 0. The molecule has 2 aliphatic rings. The molecule has 8 heteroatoms. The van der Waals surface area contributed by atoms with Crippen molar-refractivity contribution in [2.75, 3.05) is 53.0 Å². The number of sulfonamides is 1. The van der Waals surface area contributed by atoms with Gasteiger partial charge in [-0.25, -0.2) is 8.42 Å². The monoisotopic (exact) mass is 395 g/mol. The lowest BCUT2D eigenvalue weighted by Gasteiger charge is -2.31. The molecule has 1 atom stereocenters. The second-order valence-corrected chi connectivity index (χ2v) is 9.05. The maximum Gasteiger partial charge on any atom is 0.255 e. The van der Waals surface area contributed by atoms with Crippen LogP contribution in [0.25, 0.3) is 0 Å². The molecule has 0 aliphatic carbocycles. The van der Waals surface area contributed by atoms with Gasteiger partial charge >= 0.3 is 0 Å². The lowest BCUT2D eigenvalue weighted by molar-refractivity contribution is 0.0300. The number of hydrogen-bond donors (Lipinski definition) is 0. The number of ether oxygens (including phenoxy) is 1. The summed E-state index contributed by atoms with van der Waals surface area (Å²) in [5.41, 5.74) is 0.256. The predicted octanol–water partition coefficient (Wildman–Crippen LogP) is 1.26.